The van der Waals surface area contributed by atoms with Crippen LogP contribution in [-0.2, 0) is 14.3 Å². The Kier molecular flexibility index (Phi) is 4.46. The minimum absolute atomic E-state index is 0.0587. The zero-order chi connectivity index (χ0) is 15.8. The summed E-state index contributed by atoms with van der Waals surface area (Å²) in [5.74, 6) is -0.457. The fourth-order valence-corrected chi connectivity index (χ4v) is 3.30. The number of nitrogens with zero attached hydrogens (tertiary/aromatic N) is 1. The number of ether oxygens (including phenoxy) is 2. The highest BCUT2D eigenvalue weighted by molar-refractivity contribution is 5.83. The van der Waals surface area contributed by atoms with E-state index in [1.165, 1.54) is 4.90 Å². The molecule has 21 heavy (non-hydrogen) atoms. The lowest BCUT2D eigenvalue weighted by molar-refractivity contribution is -0.164. The second-order valence-corrected chi connectivity index (χ2v) is 6.79. The lowest BCUT2D eigenvalue weighted by Crippen LogP contribution is -2.66. The van der Waals surface area contributed by atoms with Gasteiger partial charge in [-0.15, -0.1) is 0 Å². The fraction of sp³-hybridized carbons (Fsp3) is 0.867. The van der Waals surface area contributed by atoms with Crippen LogP contribution in [0.25, 0.3) is 0 Å². The van der Waals surface area contributed by atoms with Crippen molar-refractivity contribution in [1.29, 1.82) is 0 Å². The first-order valence-corrected chi connectivity index (χ1v) is 7.60. The summed E-state index contributed by atoms with van der Waals surface area (Å²) in [6.45, 7) is 7.36. The summed E-state index contributed by atoms with van der Waals surface area (Å²) >= 11 is 0. The maximum Gasteiger partial charge on any atom is 0.411 e. The Morgan fingerprint density at radius 2 is 1.95 bits per heavy atom. The molecule has 0 aromatic carbocycles. The summed E-state index contributed by atoms with van der Waals surface area (Å²) in [6, 6.07) is -0.999. The van der Waals surface area contributed by atoms with Crippen molar-refractivity contribution in [3.8, 4) is 0 Å². The monoisotopic (exact) mass is 299 g/mol. The second-order valence-electron chi connectivity index (χ2n) is 6.79. The number of carbonyl (C=O) groups is 2. The SMILES string of the molecule is CCOC(=O)[C@@H]1[C@@H]2CC[C@@H]([C@@H](O)C2)N1C(=O)OC(C)(C)C. The molecule has 3 fully saturated rings. The van der Waals surface area contributed by atoms with E-state index in [4.69, 9.17) is 9.47 Å². The highest BCUT2D eigenvalue weighted by Crippen LogP contribution is 2.41. The summed E-state index contributed by atoms with van der Waals surface area (Å²) in [6.07, 6.45) is 0.912. The predicted octanol–water partition coefficient (Wildman–Crippen LogP) is 1.70. The molecule has 120 valence electrons. The molecule has 6 heteroatoms. The van der Waals surface area contributed by atoms with Crippen molar-refractivity contribution in [3.05, 3.63) is 0 Å². The Bertz CT molecular complexity index is 417. The molecule has 1 saturated carbocycles. The Balaban J connectivity index is 2.24. The predicted molar refractivity (Wildman–Crippen MR) is 75.6 cm³/mol. The van der Waals surface area contributed by atoms with Crippen molar-refractivity contribution in [2.45, 2.75) is 70.7 Å². The molecule has 0 aromatic rings. The van der Waals surface area contributed by atoms with Gasteiger partial charge in [-0.25, -0.2) is 9.59 Å². The molecule has 0 unspecified atom stereocenters. The second kappa shape index (κ2) is 5.83. The van der Waals surface area contributed by atoms with Crippen LogP contribution in [0.5, 0.6) is 0 Å². The molecule has 0 spiro atoms. The topological polar surface area (TPSA) is 76.1 Å². The highest BCUT2D eigenvalue weighted by Gasteiger charge is 2.53. The van der Waals surface area contributed by atoms with Crippen LogP contribution >= 0.6 is 0 Å². The average Bonchev–Trinajstić information content (AvgIpc) is 2.36. The van der Waals surface area contributed by atoms with Gasteiger partial charge in [-0.2, -0.15) is 0 Å². The van der Waals surface area contributed by atoms with E-state index in [0.717, 1.165) is 6.42 Å². The van der Waals surface area contributed by atoms with Gasteiger partial charge < -0.3 is 14.6 Å². The Morgan fingerprint density at radius 1 is 1.29 bits per heavy atom. The Hall–Kier alpha value is -1.30. The Labute approximate surface area is 125 Å². The summed E-state index contributed by atoms with van der Waals surface area (Å²) in [5.41, 5.74) is -0.641. The number of carbonyl (C=O) groups excluding carboxylic acids is 2. The minimum atomic E-state index is -0.641. The fourth-order valence-electron chi connectivity index (χ4n) is 3.30. The zero-order valence-corrected chi connectivity index (χ0v) is 13.2. The van der Waals surface area contributed by atoms with Crippen molar-refractivity contribution >= 4 is 12.1 Å². The first-order chi connectivity index (χ1) is 9.74. The molecule has 2 heterocycles. The van der Waals surface area contributed by atoms with E-state index in [1.807, 2.05) is 0 Å². The zero-order valence-electron chi connectivity index (χ0n) is 13.2. The molecule has 3 rings (SSSR count). The number of aliphatic hydroxyl groups excluding tert-OH is 1. The normalized spacial score (nSPS) is 32.0. The summed E-state index contributed by atoms with van der Waals surface area (Å²) in [7, 11) is 0. The van der Waals surface area contributed by atoms with Crippen LogP contribution in [0.4, 0.5) is 4.79 Å². The molecule has 3 aliphatic rings. The minimum Gasteiger partial charge on any atom is -0.464 e. The van der Waals surface area contributed by atoms with E-state index < -0.39 is 29.8 Å². The molecule has 2 bridgehead atoms. The molecule has 2 aliphatic heterocycles. The van der Waals surface area contributed by atoms with Gasteiger partial charge in [0.25, 0.3) is 0 Å². The number of hydrogen-bond donors (Lipinski definition) is 1. The first-order valence-electron chi connectivity index (χ1n) is 7.60. The van der Waals surface area contributed by atoms with E-state index in [1.54, 1.807) is 27.7 Å². The van der Waals surface area contributed by atoms with Gasteiger partial charge in [-0.1, -0.05) is 0 Å². The molecular weight excluding hydrogens is 274 g/mol. The van der Waals surface area contributed by atoms with Crippen molar-refractivity contribution in [2.24, 2.45) is 5.92 Å². The smallest absolute Gasteiger partial charge is 0.411 e. The van der Waals surface area contributed by atoms with Gasteiger partial charge in [-0.3, -0.25) is 4.90 Å². The lowest BCUT2D eigenvalue weighted by Gasteiger charge is -2.51. The quantitative estimate of drug-likeness (QED) is 0.785. The standard InChI is InChI=1S/C15H25NO5/c1-5-20-13(18)12-9-6-7-10(11(17)8-9)16(12)14(19)21-15(2,3)4/h9-12,17H,5-8H2,1-4H3/t9-,10+,11+,12+/m1/s1. The van der Waals surface area contributed by atoms with Gasteiger partial charge in [0.15, 0.2) is 0 Å². The number of fused-ring (bicyclic) bond motifs is 3. The average molecular weight is 299 g/mol. The van der Waals surface area contributed by atoms with Gasteiger partial charge in [-0.05, 0) is 52.9 Å². The molecule has 6 nitrogen and oxygen atoms in total. The first kappa shape index (κ1) is 16.1. The number of aliphatic hydroxyl groups is 1. The van der Waals surface area contributed by atoms with E-state index in [2.05, 4.69) is 0 Å². The molecule has 0 aromatic heterocycles. The van der Waals surface area contributed by atoms with Gasteiger partial charge >= 0.3 is 12.1 Å². The molecule has 1 aliphatic carbocycles. The van der Waals surface area contributed by atoms with Crippen molar-refractivity contribution < 1.29 is 24.2 Å². The largest absolute Gasteiger partial charge is 0.464 e. The van der Waals surface area contributed by atoms with Crippen molar-refractivity contribution in [1.82, 2.24) is 4.90 Å². The molecule has 4 atom stereocenters. The summed E-state index contributed by atoms with van der Waals surface area (Å²) in [5, 5.41) is 10.1. The van der Waals surface area contributed by atoms with Crippen molar-refractivity contribution in [3.63, 3.8) is 0 Å². The van der Waals surface area contributed by atoms with E-state index in [0.29, 0.717) is 12.8 Å². The van der Waals surface area contributed by atoms with Crippen LogP contribution in [0.1, 0.15) is 47.0 Å². The van der Waals surface area contributed by atoms with Crippen LogP contribution in [-0.4, -0.2) is 52.5 Å². The van der Waals surface area contributed by atoms with Gasteiger partial charge in [0.2, 0.25) is 0 Å². The van der Waals surface area contributed by atoms with Crippen LogP contribution in [0.15, 0.2) is 0 Å². The van der Waals surface area contributed by atoms with E-state index in [9.17, 15) is 14.7 Å². The van der Waals surface area contributed by atoms with Gasteiger partial charge in [0.1, 0.15) is 11.6 Å². The van der Waals surface area contributed by atoms with Crippen LogP contribution < -0.4 is 0 Å². The molecule has 1 amide bonds. The maximum atomic E-state index is 12.5. The van der Waals surface area contributed by atoms with Crippen LogP contribution in [0.2, 0.25) is 0 Å². The van der Waals surface area contributed by atoms with Gasteiger partial charge in [0, 0.05) is 0 Å². The third-order valence-electron chi connectivity index (χ3n) is 4.06. The van der Waals surface area contributed by atoms with Crippen molar-refractivity contribution in [2.75, 3.05) is 6.61 Å². The summed E-state index contributed by atoms with van der Waals surface area (Å²) in [4.78, 5) is 26.1. The number of esters is 1. The van der Waals surface area contributed by atoms with E-state index in [-0.39, 0.29) is 18.6 Å². The van der Waals surface area contributed by atoms with Crippen LogP contribution in [0, 0.1) is 5.92 Å². The molecule has 2 saturated heterocycles. The number of piperidine rings is 2. The summed E-state index contributed by atoms with van der Waals surface area (Å²) < 4.78 is 10.5. The maximum absolute atomic E-state index is 12.5. The third-order valence-corrected chi connectivity index (χ3v) is 4.06. The van der Waals surface area contributed by atoms with E-state index >= 15 is 0 Å². The van der Waals surface area contributed by atoms with Crippen LogP contribution in [0.3, 0.4) is 0 Å². The molecule has 0 radical (unpaired) electrons. The number of amides is 1. The number of hydrogen-bond acceptors (Lipinski definition) is 5. The van der Waals surface area contributed by atoms with Gasteiger partial charge in [0.05, 0.1) is 18.8 Å². The molecular formula is C15H25NO5. The number of rotatable bonds is 2. The third kappa shape index (κ3) is 3.31. The Morgan fingerprint density at radius 3 is 2.48 bits per heavy atom. The molecule has 1 N–H and O–H groups in total. The lowest BCUT2D eigenvalue weighted by atomic mass is 9.73. The highest BCUT2D eigenvalue weighted by atomic mass is 16.6.